The van der Waals surface area contributed by atoms with Gasteiger partial charge in [-0.15, -0.1) is 0 Å². The van der Waals surface area contributed by atoms with E-state index in [9.17, 15) is 0 Å². The van der Waals surface area contributed by atoms with Gasteiger partial charge in [-0.2, -0.15) is 0 Å². The molecule has 0 amide bonds. The van der Waals surface area contributed by atoms with Crippen LogP contribution in [0.1, 0.15) is 18.4 Å². The Balaban J connectivity index is 1.23. The molecule has 0 aliphatic carbocycles. The highest BCUT2D eigenvalue weighted by atomic mass is 16.5. The maximum absolute atomic E-state index is 6.11. The molecule has 2 aliphatic heterocycles. The molecule has 0 aromatic heterocycles. The van der Waals surface area contributed by atoms with Crippen LogP contribution in [0.15, 0.2) is 53.5 Å². The fraction of sp³-hybridized carbons (Fsp3) is 0.435. The molecule has 1 atom stereocenters. The van der Waals surface area contributed by atoms with Crippen molar-refractivity contribution < 1.29 is 9.47 Å². The van der Waals surface area contributed by atoms with Gasteiger partial charge in [0.25, 0.3) is 0 Å². The highest BCUT2D eigenvalue weighted by molar-refractivity contribution is 5.92. The lowest BCUT2D eigenvalue weighted by Crippen LogP contribution is -2.26. The molecule has 2 aromatic rings. The van der Waals surface area contributed by atoms with Crippen molar-refractivity contribution in [3.63, 3.8) is 0 Å². The van der Waals surface area contributed by atoms with Gasteiger partial charge < -0.3 is 25.4 Å². The zero-order valence-corrected chi connectivity index (χ0v) is 16.8. The Hall–Kier alpha value is -2.73. The summed E-state index contributed by atoms with van der Waals surface area (Å²) >= 11 is 0. The lowest BCUT2D eigenvalue weighted by Gasteiger charge is -2.15. The van der Waals surface area contributed by atoms with Gasteiger partial charge in [0.05, 0.1) is 13.2 Å². The van der Waals surface area contributed by atoms with Gasteiger partial charge in [-0.05, 0) is 43.0 Å². The second-order valence-corrected chi connectivity index (χ2v) is 7.75. The van der Waals surface area contributed by atoms with Gasteiger partial charge in [-0.3, -0.25) is 4.99 Å². The molecule has 154 valence electrons. The van der Waals surface area contributed by atoms with E-state index in [0.717, 1.165) is 56.2 Å². The van der Waals surface area contributed by atoms with E-state index in [1.165, 1.54) is 12.0 Å². The van der Waals surface area contributed by atoms with Crippen molar-refractivity contribution in [3.05, 3.63) is 54.1 Å². The van der Waals surface area contributed by atoms with Crippen LogP contribution in [-0.4, -0.2) is 50.3 Å². The number of guanidine groups is 1. The van der Waals surface area contributed by atoms with Crippen LogP contribution in [0.4, 0.5) is 5.69 Å². The number of likely N-dealkylation sites (tertiary alicyclic amines) is 1. The number of aliphatic imine (C=N–C) groups is 1. The second-order valence-electron chi connectivity index (χ2n) is 7.75. The molecule has 0 radical (unpaired) electrons. The highest BCUT2D eigenvalue weighted by Crippen LogP contribution is 2.32. The van der Waals surface area contributed by atoms with Crippen LogP contribution < -0.4 is 20.5 Å². The molecule has 0 saturated carbocycles. The molecule has 4 rings (SSSR count). The summed E-state index contributed by atoms with van der Waals surface area (Å²) in [4.78, 5) is 7.10. The van der Waals surface area contributed by atoms with E-state index in [0.29, 0.717) is 25.1 Å². The Labute approximate surface area is 172 Å². The van der Waals surface area contributed by atoms with Crippen LogP contribution in [0, 0.1) is 5.92 Å². The fourth-order valence-electron chi connectivity index (χ4n) is 3.85. The molecule has 6 heteroatoms. The van der Waals surface area contributed by atoms with E-state index in [-0.39, 0.29) is 0 Å². The molecule has 2 aliphatic rings. The molecule has 1 fully saturated rings. The van der Waals surface area contributed by atoms with E-state index in [4.69, 9.17) is 15.2 Å². The van der Waals surface area contributed by atoms with Crippen molar-refractivity contribution >= 4 is 11.6 Å². The number of nitrogens with zero attached hydrogens (tertiary/aromatic N) is 2. The van der Waals surface area contributed by atoms with E-state index in [1.807, 2.05) is 18.2 Å². The number of hydrogen-bond acceptors (Lipinski definition) is 4. The zero-order valence-electron chi connectivity index (χ0n) is 16.8. The van der Waals surface area contributed by atoms with Gasteiger partial charge in [-0.25, -0.2) is 0 Å². The van der Waals surface area contributed by atoms with Crippen LogP contribution >= 0.6 is 0 Å². The summed E-state index contributed by atoms with van der Waals surface area (Å²) in [5, 5.41) is 3.17. The Morgan fingerprint density at radius 1 is 1.10 bits per heavy atom. The van der Waals surface area contributed by atoms with Crippen LogP contribution in [0.3, 0.4) is 0 Å². The monoisotopic (exact) mass is 394 g/mol. The van der Waals surface area contributed by atoms with Crippen molar-refractivity contribution in [2.45, 2.75) is 19.3 Å². The third-order valence-corrected chi connectivity index (χ3v) is 5.47. The van der Waals surface area contributed by atoms with Crippen LogP contribution in [0.25, 0.3) is 0 Å². The number of nitrogens with two attached hydrogens (primary N) is 1. The van der Waals surface area contributed by atoms with Gasteiger partial charge in [0.2, 0.25) is 0 Å². The number of rotatable bonds is 6. The normalized spacial score (nSPS) is 19.7. The number of anilines is 1. The van der Waals surface area contributed by atoms with Crippen LogP contribution in [0.2, 0.25) is 0 Å². The highest BCUT2D eigenvalue weighted by Gasteiger charge is 2.21. The topological polar surface area (TPSA) is 72.1 Å². The van der Waals surface area contributed by atoms with Crippen molar-refractivity contribution in [2.24, 2.45) is 16.6 Å². The van der Waals surface area contributed by atoms with Gasteiger partial charge in [0.15, 0.2) is 17.5 Å². The molecule has 1 saturated heterocycles. The number of nitrogens with one attached hydrogen (secondary N) is 1. The van der Waals surface area contributed by atoms with Crippen molar-refractivity contribution in [1.29, 1.82) is 0 Å². The molecule has 29 heavy (non-hydrogen) atoms. The van der Waals surface area contributed by atoms with E-state index >= 15 is 0 Å². The maximum Gasteiger partial charge on any atom is 0.193 e. The maximum atomic E-state index is 6.11. The lowest BCUT2D eigenvalue weighted by molar-refractivity contribution is 0.297. The Bertz CT molecular complexity index is 825. The first-order valence-corrected chi connectivity index (χ1v) is 10.5. The third kappa shape index (κ3) is 5.64. The van der Waals surface area contributed by atoms with Gasteiger partial charge in [0.1, 0.15) is 0 Å². The number of hydrogen-bond donors (Lipinski definition) is 2. The minimum Gasteiger partial charge on any atom is -0.490 e. The molecule has 0 spiro atoms. The molecule has 0 bridgehead atoms. The van der Waals surface area contributed by atoms with Gasteiger partial charge >= 0.3 is 0 Å². The molecular formula is C23H30N4O2. The Morgan fingerprint density at radius 2 is 1.93 bits per heavy atom. The summed E-state index contributed by atoms with van der Waals surface area (Å²) in [5.74, 6) is 2.55. The van der Waals surface area contributed by atoms with Crippen molar-refractivity contribution in [1.82, 2.24) is 4.90 Å². The first kappa shape index (κ1) is 19.6. The van der Waals surface area contributed by atoms with E-state index < -0.39 is 0 Å². The van der Waals surface area contributed by atoms with Gasteiger partial charge in [-0.1, -0.05) is 30.3 Å². The quantitative estimate of drug-likeness (QED) is 0.582. The summed E-state index contributed by atoms with van der Waals surface area (Å²) in [5.41, 5.74) is 8.38. The predicted molar refractivity (Wildman–Crippen MR) is 117 cm³/mol. The van der Waals surface area contributed by atoms with Crippen LogP contribution in [-0.2, 0) is 6.42 Å². The lowest BCUT2D eigenvalue weighted by atomic mass is 10.1. The SMILES string of the molecule is NC(=NCC1CCN(CCc2ccccc2)C1)Nc1ccc2c(c1)OCCCO2. The molecule has 6 nitrogen and oxygen atoms in total. The molecule has 2 heterocycles. The van der Waals surface area contributed by atoms with Crippen molar-refractivity contribution in [2.75, 3.05) is 44.7 Å². The zero-order chi connectivity index (χ0) is 19.9. The smallest absolute Gasteiger partial charge is 0.193 e. The van der Waals surface area contributed by atoms with E-state index in [2.05, 4.69) is 45.5 Å². The fourth-order valence-corrected chi connectivity index (χ4v) is 3.85. The summed E-state index contributed by atoms with van der Waals surface area (Å²) in [6, 6.07) is 16.5. The average molecular weight is 395 g/mol. The summed E-state index contributed by atoms with van der Waals surface area (Å²) in [6.07, 6.45) is 3.17. The second kappa shape index (κ2) is 9.65. The predicted octanol–water partition coefficient (Wildman–Crippen LogP) is 3.14. The van der Waals surface area contributed by atoms with Gasteiger partial charge in [0, 0.05) is 37.8 Å². The Kier molecular flexibility index (Phi) is 6.52. The molecule has 2 aromatic carbocycles. The number of ether oxygens (including phenoxy) is 2. The largest absolute Gasteiger partial charge is 0.490 e. The first-order valence-electron chi connectivity index (χ1n) is 10.5. The molecule has 3 N–H and O–H groups in total. The number of benzene rings is 2. The third-order valence-electron chi connectivity index (χ3n) is 5.47. The molecule has 1 unspecified atom stereocenters. The first-order chi connectivity index (χ1) is 14.3. The molecular weight excluding hydrogens is 364 g/mol. The van der Waals surface area contributed by atoms with Crippen molar-refractivity contribution in [3.8, 4) is 11.5 Å². The average Bonchev–Trinajstić information content (AvgIpc) is 3.07. The number of fused-ring (bicyclic) bond motifs is 1. The summed E-state index contributed by atoms with van der Waals surface area (Å²) in [6.45, 7) is 5.45. The van der Waals surface area contributed by atoms with Crippen LogP contribution in [0.5, 0.6) is 11.5 Å². The Morgan fingerprint density at radius 3 is 2.79 bits per heavy atom. The van der Waals surface area contributed by atoms with E-state index in [1.54, 1.807) is 0 Å². The standard InChI is InChI=1S/C23H30N4O2/c24-23(26-20-7-8-21-22(15-20)29-14-4-13-28-21)25-16-19-10-12-27(17-19)11-9-18-5-2-1-3-6-18/h1-3,5-8,15,19H,4,9-14,16-17H2,(H3,24,25,26). The summed E-state index contributed by atoms with van der Waals surface area (Å²) < 4.78 is 11.4. The summed E-state index contributed by atoms with van der Waals surface area (Å²) in [7, 11) is 0. The minimum absolute atomic E-state index is 0.447. The minimum atomic E-state index is 0.447.